The Morgan fingerprint density at radius 2 is 2.10 bits per heavy atom. The SMILES string of the molecule is O=C(O)CCC1CCCCN1C(=O)c1nc(Cl)ccc1Cl. The number of hydrogen-bond acceptors (Lipinski definition) is 3. The van der Waals surface area contributed by atoms with Crippen LogP contribution in [0.5, 0.6) is 0 Å². The largest absolute Gasteiger partial charge is 0.481 e. The second-order valence-electron chi connectivity index (χ2n) is 5.04. The molecular formula is C14H16Cl2N2O3. The molecule has 2 heterocycles. The first-order valence-corrected chi connectivity index (χ1v) is 7.59. The lowest BCUT2D eigenvalue weighted by molar-refractivity contribution is -0.137. The lowest BCUT2D eigenvalue weighted by Gasteiger charge is -2.35. The maximum absolute atomic E-state index is 12.6. The van der Waals surface area contributed by atoms with Crippen molar-refractivity contribution < 1.29 is 14.7 Å². The molecule has 0 aromatic carbocycles. The van der Waals surface area contributed by atoms with Gasteiger partial charge in [0.15, 0.2) is 0 Å². The van der Waals surface area contributed by atoms with Crippen LogP contribution in [0.15, 0.2) is 12.1 Å². The third kappa shape index (κ3) is 4.08. The third-order valence-corrected chi connectivity index (χ3v) is 4.11. The molecule has 0 spiro atoms. The number of halogens is 2. The first-order valence-electron chi connectivity index (χ1n) is 6.84. The first-order chi connectivity index (χ1) is 9.99. The predicted octanol–water partition coefficient (Wildman–Crippen LogP) is 3.25. The molecule has 114 valence electrons. The van der Waals surface area contributed by atoms with E-state index in [9.17, 15) is 9.59 Å². The van der Waals surface area contributed by atoms with Gasteiger partial charge in [0.05, 0.1) is 5.02 Å². The first kappa shape index (κ1) is 16.0. The smallest absolute Gasteiger partial charge is 0.303 e. The Kier molecular flexibility index (Phi) is 5.42. The minimum atomic E-state index is -0.855. The zero-order chi connectivity index (χ0) is 15.4. The molecule has 1 amide bonds. The molecule has 5 nitrogen and oxygen atoms in total. The van der Waals surface area contributed by atoms with Crippen LogP contribution in [0, 0.1) is 0 Å². The normalized spacial score (nSPS) is 18.6. The van der Waals surface area contributed by atoms with Gasteiger partial charge in [0.25, 0.3) is 5.91 Å². The average molecular weight is 331 g/mol. The van der Waals surface area contributed by atoms with E-state index < -0.39 is 5.97 Å². The summed E-state index contributed by atoms with van der Waals surface area (Å²) in [4.78, 5) is 29.0. The molecule has 1 fully saturated rings. The van der Waals surface area contributed by atoms with Crippen LogP contribution in [0.2, 0.25) is 10.2 Å². The van der Waals surface area contributed by atoms with Gasteiger partial charge < -0.3 is 10.0 Å². The van der Waals surface area contributed by atoms with Gasteiger partial charge in [-0.1, -0.05) is 23.2 Å². The zero-order valence-corrected chi connectivity index (χ0v) is 12.9. The van der Waals surface area contributed by atoms with Crippen molar-refractivity contribution in [1.29, 1.82) is 0 Å². The van der Waals surface area contributed by atoms with E-state index in [0.717, 1.165) is 19.3 Å². The number of hydrogen-bond donors (Lipinski definition) is 1. The van der Waals surface area contributed by atoms with E-state index in [2.05, 4.69) is 4.98 Å². The van der Waals surface area contributed by atoms with Gasteiger partial charge in [-0.25, -0.2) is 4.98 Å². The monoisotopic (exact) mass is 330 g/mol. The number of piperidine rings is 1. The van der Waals surface area contributed by atoms with E-state index in [4.69, 9.17) is 28.3 Å². The number of amides is 1. The van der Waals surface area contributed by atoms with Crippen molar-refractivity contribution in [2.75, 3.05) is 6.54 Å². The fourth-order valence-corrected chi connectivity index (χ4v) is 2.90. The molecule has 1 aliphatic heterocycles. The highest BCUT2D eigenvalue weighted by Crippen LogP contribution is 2.25. The summed E-state index contributed by atoms with van der Waals surface area (Å²) < 4.78 is 0. The van der Waals surface area contributed by atoms with Crippen molar-refractivity contribution in [1.82, 2.24) is 9.88 Å². The number of aliphatic carboxylic acids is 1. The van der Waals surface area contributed by atoms with Crippen molar-refractivity contribution in [3.63, 3.8) is 0 Å². The minimum absolute atomic E-state index is 0.0468. The molecule has 1 unspecified atom stereocenters. The Balaban J connectivity index is 2.18. The van der Waals surface area contributed by atoms with Crippen molar-refractivity contribution in [3.05, 3.63) is 28.0 Å². The van der Waals surface area contributed by atoms with E-state index in [1.807, 2.05) is 0 Å². The highest BCUT2D eigenvalue weighted by molar-refractivity contribution is 6.34. The molecule has 2 rings (SSSR count). The van der Waals surface area contributed by atoms with Crippen molar-refractivity contribution in [2.24, 2.45) is 0 Å². The summed E-state index contributed by atoms with van der Waals surface area (Å²) >= 11 is 11.8. The molecule has 21 heavy (non-hydrogen) atoms. The molecule has 0 saturated carbocycles. The van der Waals surface area contributed by atoms with Crippen LogP contribution in [0.4, 0.5) is 0 Å². The number of carbonyl (C=O) groups is 2. The van der Waals surface area contributed by atoms with Crippen LogP contribution in [0.25, 0.3) is 0 Å². The second kappa shape index (κ2) is 7.09. The number of aromatic nitrogens is 1. The van der Waals surface area contributed by atoms with Gasteiger partial charge in [0.2, 0.25) is 0 Å². The molecule has 1 saturated heterocycles. The van der Waals surface area contributed by atoms with Gasteiger partial charge in [0.1, 0.15) is 10.8 Å². The van der Waals surface area contributed by atoms with E-state index in [1.54, 1.807) is 11.0 Å². The number of likely N-dealkylation sites (tertiary alicyclic amines) is 1. The van der Waals surface area contributed by atoms with Crippen molar-refractivity contribution in [2.45, 2.75) is 38.1 Å². The van der Waals surface area contributed by atoms with Crippen LogP contribution in [-0.2, 0) is 4.79 Å². The Morgan fingerprint density at radius 1 is 1.33 bits per heavy atom. The van der Waals surface area contributed by atoms with Gasteiger partial charge >= 0.3 is 5.97 Å². The fourth-order valence-electron chi connectivity index (χ4n) is 2.56. The summed E-state index contributed by atoms with van der Waals surface area (Å²) in [7, 11) is 0. The van der Waals surface area contributed by atoms with Crippen LogP contribution in [-0.4, -0.2) is 39.5 Å². The topological polar surface area (TPSA) is 70.5 Å². The number of nitrogens with zero attached hydrogens (tertiary/aromatic N) is 2. The molecular weight excluding hydrogens is 315 g/mol. The summed E-state index contributed by atoms with van der Waals surface area (Å²) in [5, 5.41) is 9.28. The Bertz CT molecular complexity index is 551. The van der Waals surface area contributed by atoms with Gasteiger partial charge in [-0.05, 0) is 37.8 Å². The van der Waals surface area contributed by atoms with Gasteiger partial charge in [-0.2, -0.15) is 0 Å². The molecule has 0 bridgehead atoms. The highest BCUT2D eigenvalue weighted by atomic mass is 35.5. The predicted molar refractivity (Wildman–Crippen MR) is 79.8 cm³/mol. The molecule has 0 radical (unpaired) electrons. The Labute approximate surface area is 132 Å². The van der Waals surface area contributed by atoms with Crippen LogP contribution in [0.3, 0.4) is 0 Å². The summed E-state index contributed by atoms with van der Waals surface area (Å²) in [6.45, 7) is 0.591. The van der Waals surface area contributed by atoms with Gasteiger partial charge in [0, 0.05) is 19.0 Å². The third-order valence-electron chi connectivity index (χ3n) is 3.59. The summed E-state index contributed by atoms with van der Waals surface area (Å²) in [5.74, 6) is -1.13. The average Bonchev–Trinajstić information content (AvgIpc) is 2.47. The van der Waals surface area contributed by atoms with Crippen LogP contribution < -0.4 is 0 Å². The number of carbonyl (C=O) groups excluding carboxylic acids is 1. The molecule has 1 N–H and O–H groups in total. The molecule has 1 aromatic rings. The highest BCUT2D eigenvalue weighted by Gasteiger charge is 2.29. The second-order valence-corrected chi connectivity index (χ2v) is 5.84. The van der Waals surface area contributed by atoms with Crippen molar-refractivity contribution >= 4 is 35.1 Å². The minimum Gasteiger partial charge on any atom is -0.481 e. The quantitative estimate of drug-likeness (QED) is 0.860. The molecule has 0 aliphatic carbocycles. The van der Waals surface area contributed by atoms with E-state index in [1.165, 1.54) is 6.07 Å². The van der Waals surface area contributed by atoms with Crippen molar-refractivity contribution in [3.8, 4) is 0 Å². The Morgan fingerprint density at radius 3 is 2.81 bits per heavy atom. The van der Waals surface area contributed by atoms with Crippen LogP contribution in [0.1, 0.15) is 42.6 Å². The maximum atomic E-state index is 12.6. The number of carboxylic acids is 1. The molecule has 1 aliphatic rings. The molecule has 1 aromatic heterocycles. The summed E-state index contributed by atoms with van der Waals surface area (Å²) in [5.41, 5.74) is 0.131. The molecule has 1 atom stereocenters. The van der Waals surface area contributed by atoms with Crippen LogP contribution >= 0.6 is 23.2 Å². The fraction of sp³-hybridized carbons (Fsp3) is 0.500. The maximum Gasteiger partial charge on any atom is 0.303 e. The van der Waals surface area contributed by atoms with E-state index >= 15 is 0 Å². The van der Waals surface area contributed by atoms with Gasteiger partial charge in [-0.3, -0.25) is 9.59 Å². The van der Waals surface area contributed by atoms with Gasteiger partial charge in [-0.15, -0.1) is 0 Å². The summed E-state index contributed by atoms with van der Waals surface area (Å²) in [6.07, 6.45) is 3.18. The number of pyridine rings is 1. The van der Waals surface area contributed by atoms with E-state index in [0.29, 0.717) is 13.0 Å². The summed E-state index contributed by atoms with van der Waals surface area (Å²) in [6, 6.07) is 2.98. The van der Waals surface area contributed by atoms with E-state index in [-0.39, 0.29) is 34.2 Å². The zero-order valence-electron chi connectivity index (χ0n) is 11.4. The lowest BCUT2D eigenvalue weighted by Crippen LogP contribution is -2.44. The Hall–Kier alpha value is -1.33. The molecule has 7 heteroatoms. The standard InChI is InChI=1S/C14H16Cl2N2O3/c15-10-5-6-11(16)17-13(10)14(21)18-8-2-1-3-9(18)4-7-12(19)20/h5-6,9H,1-4,7-8H2,(H,19,20). The number of carboxylic acid groups (broad SMARTS) is 1. The number of rotatable bonds is 4. The lowest BCUT2D eigenvalue weighted by atomic mass is 9.97.